The number of carbonyl (C=O) groups excluding carboxylic acids is 1. The quantitative estimate of drug-likeness (QED) is 0.791. The topological polar surface area (TPSA) is 58.6 Å². The first kappa shape index (κ1) is 10.9. The summed E-state index contributed by atoms with van der Waals surface area (Å²) >= 11 is 0. The lowest BCUT2D eigenvalue weighted by molar-refractivity contribution is 0.0927. The van der Waals surface area contributed by atoms with Crippen molar-refractivity contribution in [3.63, 3.8) is 0 Å². The first-order chi connectivity index (χ1) is 7.66. The van der Waals surface area contributed by atoms with Crippen LogP contribution in [0.4, 0.5) is 4.39 Å². The van der Waals surface area contributed by atoms with Gasteiger partial charge in [-0.15, -0.1) is 0 Å². The minimum absolute atomic E-state index is 0.0306. The largest absolute Gasteiger partial charge is 0.507 e. The molecule has 1 fully saturated rings. The van der Waals surface area contributed by atoms with Gasteiger partial charge in [0.05, 0.1) is 18.2 Å². The van der Waals surface area contributed by atoms with Gasteiger partial charge in [0.25, 0.3) is 5.91 Å². The molecule has 0 spiro atoms. The maximum atomic E-state index is 12.7. The summed E-state index contributed by atoms with van der Waals surface area (Å²) in [6.07, 6.45) is 0.758. The number of hydrogen-bond donors (Lipinski definition) is 2. The van der Waals surface area contributed by atoms with Gasteiger partial charge < -0.3 is 15.2 Å². The number of hydrogen-bond acceptors (Lipinski definition) is 3. The van der Waals surface area contributed by atoms with Crippen molar-refractivity contribution >= 4 is 5.91 Å². The summed E-state index contributed by atoms with van der Waals surface area (Å²) in [6.45, 7) is 1.11. The van der Waals surface area contributed by atoms with E-state index in [1.165, 1.54) is 6.07 Å². The number of phenols is 1. The number of phenolic OH excluding ortho intramolecular Hbond substituents is 1. The zero-order valence-corrected chi connectivity index (χ0v) is 8.57. The highest BCUT2D eigenvalue weighted by Crippen LogP contribution is 2.18. The molecule has 0 saturated carbocycles. The maximum absolute atomic E-state index is 12.7. The molecule has 1 unspecified atom stereocenters. The Hall–Kier alpha value is -1.62. The van der Waals surface area contributed by atoms with E-state index in [1.54, 1.807) is 0 Å². The smallest absolute Gasteiger partial charge is 0.255 e. The van der Waals surface area contributed by atoms with Crippen molar-refractivity contribution < 1.29 is 19.0 Å². The van der Waals surface area contributed by atoms with Gasteiger partial charge in [-0.3, -0.25) is 4.79 Å². The third-order valence-electron chi connectivity index (χ3n) is 2.47. The molecule has 1 aliphatic heterocycles. The average Bonchev–Trinajstić information content (AvgIpc) is 2.70. The van der Waals surface area contributed by atoms with Crippen LogP contribution in [0.15, 0.2) is 18.2 Å². The van der Waals surface area contributed by atoms with Crippen LogP contribution in [0.1, 0.15) is 16.8 Å². The molecule has 2 N–H and O–H groups in total. The highest BCUT2D eigenvalue weighted by atomic mass is 19.1. The standard InChI is InChI=1S/C11H12FNO3/c12-7-1-2-9(10(14)5-7)11(15)13-8-3-4-16-6-8/h1-2,5,8,14H,3-4,6H2,(H,13,15). The van der Waals surface area contributed by atoms with Gasteiger partial charge in [-0.1, -0.05) is 0 Å². The third kappa shape index (κ3) is 2.30. The molecule has 0 aromatic heterocycles. The van der Waals surface area contributed by atoms with E-state index >= 15 is 0 Å². The van der Waals surface area contributed by atoms with Gasteiger partial charge in [0.2, 0.25) is 0 Å². The van der Waals surface area contributed by atoms with Crippen molar-refractivity contribution in [2.24, 2.45) is 0 Å². The lowest BCUT2D eigenvalue weighted by Gasteiger charge is -2.11. The number of benzene rings is 1. The van der Waals surface area contributed by atoms with Crippen molar-refractivity contribution in [2.45, 2.75) is 12.5 Å². The summed E-state index contributed by atoms with van der Waals surface area (Å²) in [7, 11) is 0. The second-order valence-corrected chi connectivity index (χ2v) is 3.70. The van der Waals surface area contributed by atoms with E-state index in [0.717, 1.165) is 18.6 Å². The van der Waals surface area contributed by atoms with Gasteiger partial charge >= 0.3 is 0 Å². The average molecular weight is 225 g/mol. The van der Waals surface area contributed by atoms with Crippen LogP contribution in [0.5, 0.6) is 5.75 Å². The van der Waals surface area contributed by atoms with Crippen LogP contribution in [0.25, 0.3) is 0 Å². The molecular formula is C11H12FNO3. The Morgan fingerprint density at radius 3 is 3.00 bits per heavy atom. The van der Waals surface area contributed by atoms with Gasteiger partial charge in [0.1, 0.15) is 11.6 Å². The molecule has 1 aliphatic rings. The number of rotatable bonds is 2. The van der Waals surface area contributed by atoms with Crippen LogP contribution in [0.2, 0.25) is 0 Å². The molecule has 1 saturated heterocycles. The lowest BCUT2D eigenvalue weighted by Crippen LogP contribution is -2.35. The molecular weight excluding hydrogens is 213 g/mol. The third-order valence-corrected chi connectivity index (χ3v) is 2.47. The van der Waals surface area contributed by atoms with Crippen LogP contribution in [-0.4, -0.2) is 30.3 Å². The highest BCUT2D eigenvalue weighted by Gasteiger charge is 2.20. The van der Waals surface area contributed by atoms with Gasteiger partial charge in [0.15, 0.2) is 0 Å². The first-order valence-corrected chi connectivity index (χ1v) is 5.04. The molecule has 1 atom stereocenters. The van der Waals surface area contributed by atoms with Crippen molar-refractivity contribution in [1.29, 1.82) is 0 Å². The van der Waals surface area contributed by atoms with Crippen molar-refractivity contribution in [1.82, 2.24) is 5.32 Å². The van der Waals surface area contributed by atoms with E-state index in [1.807, 2.05) is 0 Å². The van der Waals surface area contributed by atoms with Crippen LogP contribution >= 0.6 is 0 Å². The minimum Gasteiger partial charge on any atom is -0.507 e. The normalized spacial score (nSPS) is 19.7. The van der Waals surface area contributed by atoms with E-state index in [0.29, 0.717) is 13.2 Å². The molecule has 1 heterocycles. The van der Waals surface area contributed by atoms with E-state index in [4.69, 9.17) is 4.74 Å². The zero-order chi connectivity index (χ0) is 11.5. The summed E-state index contributed by atoms with van der Waals surface area (Å²) in [5, 5.41) is 12.1. The second-order valence-electron chi connectivity index (χ2n) is 3.70. The second kappa shape index (κ2) is 4.49. The SMILES string of the molecule is O=C(NC1CCOC1)c1ccc(F)cc1O. The Morgan fingerprint density at radius 2 is 2.38 bits per heavy atom. The van der Waals surface area contributed by atoms with Crippen LogP contribution in [0.3, 0.4) is 0 Å². The predicted molar refractivity (Wildman–Crippen MR) is 54.8 cm³/mol. The van der Waals surface area contributed by atoms with E-state index < -0.39 is 11.7 Å². The molecule has 1 aromatic rings. The van der Waals surface area contributed by atoms with Gasteiger partial charge in [-0.05, 0) is 18.6 Å². The molecule has 4 nitrogen and oxygen atoms in total. The summed E-state index contributed by atoms with van der Waals surface area (Å²) in [5.41, 5.74) is 0.0771. The van der Waals surface area contributed by atoms with Crippen LogP contribution in [-0.2, 0) is 4.74 Å². The van der Waals surface area contributed by atoms with Gasteiger partial charge in [-0.25, -0.2) is 4.39 Å². The summed E-state index contributed by atoms with van der Waals surface area (Å²) in [6, 6.07) is 3.28. The Bertz CT molecular complexity index is 402. The Morgan fingerprint density at radius 1 is 1.56 bits per heavy atom. The van der Waals surface area contributed by atoms with E-state index in [9.17, 15) is 14.3 Å². The predicted octanol–water partition coefficient (Wildman–Crippen LogP) is 1.05. The lowest BCUT2D eigenvalue weighted by atomic mass is 10.1. The fourth-order valence-corrected chi connectivity index (χ4v) is 1.61. The van der Waals surface area contributed by atoms with Crippen molar-refractivity contribution in [3.05, 3.63) is 29.6 Å². The van der Waals surface area contributed by atoms with E-state index in [-0.39, 0.29) is 17.4 Å². The fraction of sp³-hybridized carbons (Fsp3) is 0.364. The summed E-state index contributed by atoms with van der Waals surface area (Å²) in [4.78, 5) is 11.7. The molecule has 0 aliphatic carbocycles. The number of halogens is 1. The Labute approximate surface area is 92.0 Å². The van der Waals surface area contributed by atoms with Crippen LogP contribution < -0.4 is 5.32 Å². The molecule has 0 bridgehead atoms. The highest BCUT2D eigenvalue weighted by molar-refractivity contribution is 5.96. The molecule has 5 heteroatoms. The monoisotopic (exact) mass is 225 g/mol. The zero-order valence-electron chi connectivity index (χ0n) is 8.57. The fourth-order valence-electron chi connectivity index (χ4n) is 1.61. The van der Waals surface area contributed by atoms with Crippen molar-refractivity contribution in [2.75, 3.05) is 13.2 Å². The molecule has 1 amide bonds. The number of amides is 1. The van der Waals surface area contributed by atoms with Gasteiger partial charge in [0, 0.05) is 12.7 Å². The molecule has 0 radical (unpaired) electrons. The maximum Gasteiger partial charge on any atom is 0.255 e. The first-order valence-electron chi connectivity index (χ1n) is 5.04. The summed E-state index contributed by atoms with van der Waals surface area (Å²) < 4.78 is 17.8. The van der Waals surface area contributed by atoms with Crippen molar-refractivity contribution in [3.8, 4) is 5.75 Å². The number of aromatic hydroxyl groups is 1. The summed E-state index contributed by atoms with van der Waals surface area (Å²) in [5.74, 6) is -1.33. The molecule has 2 rings (SSSR count). The Kier molecular flexibility index (Phi) is 3.05. The Balaban J connectivity index is 2.08. The van der Waals surface area contributed by atoms with Crippen LogP contribution in [0, 0.1) is 5.82 Å². The van der Waals surface area contributed by atoms with Gasteiger partial charge in [-0.2, -0.15) is 0 Å². The molecule has 86 valence electrons. The molecule has 16 heavy (non-hydrogen) atoms. The number of carbonyl (C=O) groups is 1. The van der Waals surface area contributed by atoms with E-state index in [2.05, 4.69) is 5.32 Å². The number of nitrogens with one attached hydrogen (secondary N) is 1. The minimum atomic E-state index is -0.571. The number of ether oxygens (including phenoxy) is 1. The molecule has 1 aromatic carbocycles.